The van der Waals surface area contributed by atoms with Gasteiger partial charge in [-0.25, -0.2) is 9.18 Å². The molecule has 0 radical (unpaired) electrons. The van der Waals surface area contributed by atoms with Gasteiger partial charge in [0.1, 0.15) is 17.2 Å². The number of hydrogen-bond acceptors (Lipinski definition) is 6. The van der Waals surface area contributed by atoms with Crippen LogP contribution in [0.4, 0.5) is 14.9 Å². The number of carbonyl (C=O) groups excluding carboxylic acids is 1. The van der Waals surface area contributed by atoms with Gasteiger partial charge in [-0.2, -0.15) is 0 Å². The minimum atomic E-state index is -0.767. The summed E-state index contributed by atoms with van der Waals surface area (Å²) >= 11 is 0. The van der Waals surface area contributed by atoms with Gasteiger partial charge in [-0.05, 0) is 68.4 Å². The van der Waals surface area contributed by atoms with Crippen molar-refractivity contribution in [3.8, 4) is 5.75 Å². The Hall–Kier alpha value is -1.86. The smallest absolute Gasteiger partial charge is 0.427 e. The number of rotatable bonds is 7. The lowest BCUT2D eigenvalue weighted by atomic mass is 9.54. The van der Waals surface area contributed by atoms with Gasteiger partial charge in [0.05, 0.1) is 18.9 Å². The van der Waals surface area contributed by atoms with Gasteiger partial charge in [-0.15, -0.1) is 0 Å². The SMILES string of the molecule is O=C(Oc1ccc(N(CCO)CCO)c(F)c1)OC12CC3CC(CC(C3)C1)C2. The van der Waals surface area contributed by atoms with Gasteiger partial charge >= 0.3 is 6.16 Å². The number of aliphatic hydroxyl groups excluding tert-OH is 2. The number of ether oxygens (including phenoxy) is 2. The van der Waals surface area contributed by atoms with E-state index in [0.717, 1.165) is 25.3 Å². The van der Waals surface area contributed by atoms with Gasteiger partial charge in [-0.3, -0.25) is 0 Å². The molecular formula is C21H28FNO5. The fourth-order valence-corrected chi connectivity index (χ4v) is 5.85. The van der Waals surface area contributed by atoms with Gasteiger partial charge < -0.3 is 24.6 Å². The van der Waals surface area contributed by atoms with Crippen LogP contribution in [0.2, 0.25) is 0 Å². The van der Waals surface area contributed by atoms with E-state index in [1.54, 1.807) is 0 Å². The standard InChI is InChI=1S/C21H28FNO5/c22-18-10-17(1-2-19(18)23(3-5-24)4-6-25)27-20(26)28-21-11-14-7-15(12-21)9-16(8-14)13-21/h1-2,10,14-16,24-25H,3-9,11-13H2. The molecule has 0 heterocycles. The number of carbonyl (C=O) groups is 1. The molecule has 1 aromatic rings. The van der Waals surface area contributed by atoms with Crippen molar-refractivity contribution in [1.82, 2.24) is 0 Å². The van der Waals surface area contributed by atoms with Crippen molar-refractivity contribution in [1.29, 1.82) is 0 Å². The van der Waals surface area contributed by atoms with E-state index in [2.05, 4.69) is 0 Å². The van der Waals surface area contributed by atoms with E-state index in [-0.39, 0.29) is 37.7 Å². The van der Waals surface area contributed by atoms with E-state index in [1.165, 1.54) is 36.3 Å². The predicted molar refractivity (Wildman–Crippen MR) is 101 cm³/mol. The van der Waals surface area contributed by atoms with Crippen molar-refractivity contribution in [2.24, 2.45) is 17.8 Å². The molecule has 5 rings (SSSR count). The number of aliphatic hydroxyl groups is 2. The fraction of sp³-hybridized carbons (Fsp3) is 0.667. The summed E-state index contributed by atoms with van der Waals surface area (Å²) in [5, 5.41) is 18.2. The first-order chi connectivity index (χ1) is 13.5. The van der Waals surface area contributed by atoms with Crippen LogP contribution in [0.25, 0.3) is 0 Å². The van der Waals surface area contributed by atoms with E-state index < -0.39 is 17.6 Å². The lowest BCUT2D eigenvalue weighted by Crippen LogP contribution is -2.53. The zero-order valence-corrected chi connectivity index (χ0v) is 16.0. The van der Waals surface area contributed by atoms with Crippen LogP contribution in [0.3, 0.4) is 0 Å². The zero-order valence-electron chi connectivity index (χ0n) is 16.0. The number of benzene rings is 1. The van der Waals surface area contributed by atoms with E-state index in [1.807, 2.05) is 0 Å². The molecule has 7 heteroatoms. The highest BCUT2D eigenvalue weighted by molar-refractivity contribution is 5.65. The van der Waals surface area contributed by atoms with E-state index in [9.17, 15) is 9.18 Å². The Morgan fingerprint density at radius 2 is 1.64 bits per heavy atom. The largest absolute Gasteiger partial charge is 0.514 e. The predicted octanol–water partition coefficient (Wildman–Crippen LogP) is 3.10. The van der Waals surface area contributed by atoms with E-state index in [4.69, 9.17) is 19.7 Å². The second kappa shape index (κ2) is 7.87. The normalized spacial score (nSPS) is 30.3. The summed E-state index contributed by atoms with van der Waals surface area (Å²) in [4.78, 5) is 13.9. The molecule has 0 unspecified atom stereocenters. The molecule has 0 aliphatic heterocycles. The fourth-order valence-electron chi connectivity index (χ4n) is 5.85. The average Bonchev–Trinajstić information content (AvgIpc) is 2.60. The molecule has 4 saturated carbocycles. The van der Waals surface area contributed by atoms with Gasteiger partial charge in [0.15, 0.2) is 0 Å². The van der Waals surface area contributed by atoms with Crippen LogP contribution in [-0.4, -0.2) is 48.3 Å². The molecule has 0 aromatic heterocycles. The molecule has 4 aliphatic carbocycles. The number of anilines is 1. The maximum absolute atomic E-state index is 14.5. The van der Waals surface area contributed by atoms with Crippen molar-refractivity contribution in [3.05, 3.63) is 24.0 Å². The summed E-state index contributed by atoms with van der Waals surface area (Å²) in [6.07, 6.45) is 5.74. The van der Waals surface area contributed by atoms with Crippen LogP contribution >= 0.6 is 0 Å². The van der Waals surface area contributed by atoms with Gasteiger partial charge in [0.25, 0.3) is 0 Å². The molecule has 4 fully saturated rings. The molecule has 0 atom stereocenters. The van der Waals surface area contributed by atoms with Crippen molar-refractivity contribution in [3.63, 3.8) is 0 Å². The van der Waals surface area contributed by atoms with Crippen LogP contribution in [-0.2, 0) is 4.74 Å². The van der Waals surface area contributed by atoms with Crippen molar-refractivity contribution in [2.45, 2.75) is 44.1 Å². The first kappa shape index (κ1) is 19.5. The number of hydrogen-bond donors (Lipinski definition) is 2. The van der Waals surface area contributed by atoms with Gasteiger partial charge in [0.2, 0.25) is 0 Å². The topological polar surface area (TPSA) is 79.2 Å². The Bertz CT molecular complexity index is 683. The maximum atomic E-state index is 14.5. The summed E-state index contributed by atoms with van der Waals surface area (Å²) in [7, 11) is 0. The highest BCUT2D eigenvalue weighted by Gasteiger charge is 2.53. The Labute approximate surface area is 164 Å². The van der Waals surface area contributed by atoms with Crippen molar-refractivity contribution < 1.29 is 28.9 Å². The van der Waals surface area contributed by atoms with E-state index >= 15 is 0 Å². The summed E-state index contributed by atoms with van der Waals surface area (Å²) in [5.74, 6) is 1.46. The lowest BCUT2D eigenvalue weighted by Gasteiger charge is -2.55. The average molecular weight is 393 g/mol. The van der Waals surface area contributed by atoms with Gasteiger partial charge in [0, 0.05) is 19.2 Å². The summed E-state index contributed by atoms with van der Waals surface area (Å²) < 4.78 is 25.5. The van der Waals surface area contributed by atoms with Crippen LogP contribution in [0, 0.1) is 23.6 Å². The molecule has 1 aromatic carbocycles. The molecule has 4 bridgehead atoms. The molecule has 0 saturated heterocycles. The van der Waals surface area contributed by atoms with Crippen LogP contribution in [0.15, 0.2) is 18.2 Å². The summed E-state index contributed by atoms with van der Waals surface area (Å²) in [6.45, 7) is 0.0850. The Kier molecular flexibility index (Phi) is 5.47. The first-order valence-corrected chi connectivity index (χ1v) is 10.2. The summed E-state index contributed by atoms with van der Waals surface area (Å²) in [6, 6.07) is 4.12. The molecular weight excluding hydrogens is 365 g/mol. The minimum Gasteiger partial charge on any atom is -0.427 e. The number of halogens is 1. The monoisotopic (exact) mass is 393 g/mol. The van der Waals surface area contributed by atoms with Gasteiger partial charge in [-0.1, -0.05) is 0 Å². The molecule has 154 valence electrons. The molecule has 0 spiro atoms. The zero-order chi connectivity index (χ0) is 19.7. The molecule has 2 N–H and O–H groups in total. The van der Waals surface area contributed by atoms with Crippen LogP contribution in [0.5, 0.6) is 5.75 Å². The Morgan fingerprint density at radius 1 is 1.07 bits per heavy atom. The Morgan fingerprint density at radius 3 is 2.14 bits per heavy atom. The molecule has 28 heavy (non-hydrogen) atoms. The lowest BCUT2D eigenvalue weighted by molar-refractivity contribution is -0.135. The summed E-state index contributed by atoms with van der Waals surface area (Å²) in [5.41, 5.74) is -0.159. The van der Waals surface area contributed by atoms with Crippen molar-refractivity contribution in [2.75, 3.05) is 31.2 Å². The highest BCUT2D eigenvalue weighted by atomic mass is 19.1. The number of nitrogens with zero attached hydrogens (tertiary/aromatic N) is 1. The molecule has 6 nitrogen and oxygen atoms in total. The second-order valence-electron chi connectivity index (χ2n) is 8.60. The van der Waals surface area contributed by atoms with Crippen molar-refractivity contribution >= 4 is 11.8 Å². The third-order valence-electron chi connectivity index (χ3n) is 6.48. The third-order valence-corrected chi connectivity index (χ3v) is 6.48. The Balaban J connectivity index is 1.40. The van der Waals surface area contributed by atoms with E-state index in [0.29, 0.717) is 17.8 Å². The first-order valence-electron chi connectivity index (χ1n) is 10.2. The van der Waals surface area contributed by atoms with Crippen LogP contribution < -0.4 is 9.64 Å². The second-order valence-corrected chi connectivity index (χ2v) is 8.60. The molecule has 0 amide bonds. The highest BCUT2D eigenvalue weighted by Crippen LogP contribution is 2.57. The molecule has 4 aliphatic rings. The quantitative estimate of drug-likeness (QED) is 0.547. The minimum absolute atomic E-state index is 0.0870. The third kappa shape index (κ3) is 3.96. The van der Waals surface area contributed by atoms with Crippen LogP contribution in [0.1, 0.15) is 38.5 Å². The maximum Gasteiger partial charge on any atom is 0.514 e.